The molecule has 36 valence electrons. The van der Waals surface area contributed by atoms with Gasteiger partial charge in [0.15, 0.2) is 0 Å². The van der Waals surface area contributed by atoms with E-state index in [0.29, 0.717) is 0 Å². The average Bonchev–Trinajstić information content (AvgIpc) is 1.33. The van der Waals surface area contributed by atoms with E-state index in [2.05, 4.69) is 19.2 Å². The fraction of sp³-hybridized carbons (Fsp3) is 1.00. The first kappa shape index (κ1) is 4.13. The van der Waals surface area contributed by atoms with Crippen molar-refractivity contribution in [3.63, 3.8) is 0 Å². The fourth-order valence-electron chi connectivity index (χ4n) is 0.992. The van der Waals surface area contributed by atoms with Crippen LogP contribution in [0.4, 0.5) is 0 Å². The smallest absolute Gasteiger partial charge is 0.00559 e. The Morgan fingerprint density at radius 3 is 1.67 bits per heavy atom. The molecule has 0 amide bonds. The van der Waals surface area contributed by atoms with Gasteiger partial charge in [0.1, 0.15) is 0 Å². The lowest BCUT2D eigenvalue weighted by molar-refractivity contribution is 0.302. The fourth-order valence-corrected chi connectivity index (χ4v) is 0.992. The van der Waals surface area contributed by atoms with Gasteiger partial charge >= 0.3 is 0 Å². The predicted molar refractivity (Wildman–Crippen MR) is 26.7 cm³/mol. The monoisotopic (exact) mass is 85.1 g/mol. The summed E-state index contributed by atoms with van der Waals surface area (Å²) < 4.78 is 0. The summed E-state index contributed by atoms with van der Waals surface area (Å²) in [6.07, 6.45) is 1.36. The molecule has 1 rings (SSSR count). The Hall–Kier alpha value is -0.0400. The second-order valence-electron chi connectivity index (χ2n) is 2.20. The lowest BCUT2D eigenvalue weighted by Crippen LogP contribution is -2.48. The SMILES string of the molecule is C[C@H]1C[C@H](C)N1. The van der Waals surface area contributed by atoms with Crippen molar-refractivity contribution in [2.75, 3.05) is 0 Å². The summed E-state index contributed by atoms with van der Waals surface area (Å²) >= 11 is 0. The summed E-state index contributed by atoms with van der Waals surface area (Å²) in [5, 5.41) is 3.31. The molecule has 1 heteroatoms. The van der Waals surface area contributed by atoms with Crippen molar-refractivity contribution in [1.29, 1.82) is 0 Å². The number of hydrogen-bond donors (Lipinski definition) is 1. The topological polar surface area (TPSA) is 12.0 Å². The first-order chi connectivity index (χ1) is 2.79. The minimum Gasteiger partial charge on any atom is -0.312 e. The highest BCUT2D eigenvalue weighted by molar-refractivity contribution is 4.80. The number of nitrogens with one attached hydrogen (secondary N) is 1. The maximum Gasteiger partial charge on any atom is 0.00559 e. The highest BCUT2D eigenvalue weighted by Gasteiger charge is 2.17. The van der Waals surface area contributed by atoms with E-state index in [1.165, 1.54) is 6.42 Å². The first-order valence-corrected chi connectivity index (χ1v) is 2.55. The Kier molecular flexibility index (Phi) is 0.845. The summed E-state index contributed by atoms with van der Waals surface area (Å²) in [6.45, 7) is 4.42. The molecule has 0 aliphatic carbocycles. The van der Waals surface area contributed by atoms with Gasteiger partial charge in [-0.25, -0.2) is 0 Å². The third kappa shape index (κ3) is 0.548. The second-order valence-corrected chi connectivity index (χ2v) is 2.20. The van der Waals surface area contributed by atoms with Crippen LogP contribution in [0.1, 0.15) is 20.3 Å². The van der Waals surface area contributed by atoms with E-state index in [0.717, 1.165) is 12.1 Å². The molecule has 1 fully saturated rings. The molecule has 1 aliphatic rings. The summed E-state index contributed by atoms with van der Waals surface area (Å²) in [4.78, 5) is 0. The molecule has 1 aliphatic heterocycles. The van der Waals surface area contributed by atoms with E-state index < -0.39 is 0 Å². The number of hydrogen-bond acceptors (Lipinski definition) is 1. The molecule has 1 heterocycles. The second kappa shape index (κ2) is 1.23. The van der Waals surface area contributed by atoms with Crippen molar-refractivity contribution in [3.8, 4) is 0 Å². The zero-order valence-corrected chi connectivity index (χ0v) is 4.36. The summed E-state index contributed by atoms with van der Waals surface area (Å²) in [7, 11) is 0. The Morgan fingerprint density at radius 2 is 1.67 bits per heavy atom. The van der Waals surface area contributed by atoms with Gasteiger partial charge in [-0.05, 0) is 20.3 Å². The molecule has 0 aromatic carbocycles. The van der Waals surface area contributed by atoms with Crippen LogP contribution in [-0.4, -0.2) is 12.1 Å². The van der Waals surface area contributed by atoms with Gasteiger partial charge in [0.25, 0.3) is 0 Å². The number of rotatable bonds is 0. The van der Waals surface area contributed by atoms with Crippen molar-refractivity contribution < 1.29 is 0 Å². The van der Waals surface area contributed by atoms with Crippen LogP contribution < -0.4 is 5.32 Å². The maximum absolute atomic E-state index is 3.31. The molecule has 0 spiro atoms. The summed E-state index contributed by atoms with van der Waals surface area (Å²) in [5.41, 5.74) is 0. The normalized spacial score (nSPS) is 45.0. The van der Waals surface area contributed by atoms with Gasteiger partial charge in [-0.2, -0.15) is 0 Å². The Bertz CT molecular complexity index is 39.9. The third-order valence-corrected chi connectivity index (χ3v) is 1.28. The standard InChI is InChI=1S/C5H11N/c1-4-3-5(2)6-4/h4-6H,3H2,1-2H3/t4-,5-/m0/s1. The summed E-state index contributed by atoms with van der Waals surface area (Å²) in [5.74, 6) is 0. The molecule has 0 aromatic rings. The van der Waals surface area contributed by atoms with Crippen LogP contribution in [0, 0.1) is 0 Å². The van der Waals surface area contributed by atoms with Gasteiger partial charge in [0.2, 0.25) is 0 Å². The van der Waals surface area contributed by atoms with Gasteiger partial charge < -0.3 is 5.32 Å². The Balaban J connectivity index is 2.11. The Morgan fingerprint density at radius 1 is 1.33 bits per heavy atom. The maximum atomic E-state index is 3.31. The molecule has 1 saturated heterocycles. The zero-order valence-electron chi connectivity index (χ0n) is 4.36. The highest BCUT2D eigenvalue weighted by Crippen LogP contribution is 2.07. The van der Waals surface area contributed by atoms with Crippen molar-refractivity contribution in [3.05, 3.63) is 0 Å². The van der Waals surface area contributed by atoms with Crippen LogP contribution >= 0.6 is 0 Å². The first-order valence-electron chi connectivity index (χ1n) is 2.55. The minimum atomic E-state index is 0.792. The van der Waals surface area contributed by atoms with Crippen LogP contribution in [0.15, 0.2) is 0 Å². The van der Waals surface area contributed by atoms with E-state index in [1.54, 1.807) is 0 Å². The van der Waals surface area contributed by atoms with Gasteiger partial charge in [-0.3, -0.25) is 0 Å². The van der Waals surface area contributed by atoms with E-state index in [4.69, 9.17) is 0 Å². The van der Waals surface area contributed by atoms with Crippen LogP contribution in [0.3, 0.4) is 0 Å². The van der Waals surface area contributed by atoms with Crippen molar-refractivity contribution in [2.24, 2.45) is 0 Å². The van der Waals surface area contributed by atoms with Gasteiger partial charge in [-0.15, -0.1) is 0 Å². The van der Waals surface area contributed by atoms with E-state index >= 15 is 0 Å². The lowest BCUT2D eigenvalue weighted by atomic mass is 10.0. The summed E-state index contributed by atoms with van der Waals surface area (Å²) in [6, 6.07) is 1.58. The molecular weight excluding hydrogens is 74.1 g/mol. The third-order valence-electron chi connectivity index (χ3n) is 1.28. The largest absolute Gasteiger partial charge is 0.312 e. The van der Waals surface area contributed by atoms with Crippen molar-refractivity contribution in [1.82, 2.24) is 5.32 Å². The lowest BCUT2D eigenvalue weighted by Gasteiger charge is -2.31. The average molecular weight is 85.2 g/mol. The van der Waals surface area contributed by atoms with Crippen LogP contribution in [-0.2, 0) is 0 Å². The Labute approximate surface area is 38.7 Å². The molecular formula is C5H11N. The molecule has 0 saturated carbocycles. The van der Waals surface area contributed by atoms with E-state index in [-0.39, 0.29) is 0 Å². The van der Waals surface area contributed by atoms with E-state index in [9.17, 15) is 0 Å². The van der Waals surface area contributed by atoms with Gasteiger partial charge in [0.05, 0.1) is 0 Å². The highest BCUT2D eigenvalue weighted by atomic mass is 15.0. The molecule has 0 unspecified atom stereocenters. The molecule has 1 N–H and O–H groups in total. The van der Waals surface area contributed by atoms with Crippen LogP contribution in [0.5, 0.6) is 0 Å². The molecule has 0 bridgehead atoms. The molecule has 1 nitrogen and oxygen atoms in total. The zero-order chi connectivity index (χ0) is 4.57. The quantitative estimate of drug-likeness (QED) is 0.458. The van der Waals surface area contributed by atoms with Crippen molar-refractivity contribution >= 4 is 0 Å². The van der Waals surface area contributed by atoms with Crippen LogP contribution in [0.2, 0.25) is 0 Å². The molecule has 0 radical (unpaired) electrons. The van der Waals surface area contributed by atoms with Crippen LogP contribution in [0.25, 0.3) is 0 Å². The van der Waals surface area contributed by atoms with Gasteiger partial charge in [0, 0.05) is 12.1 Å². The molecule has 0 aromatic heterocycles. The minimum absolute atomic E-state index is 0.792. The molecule has 2 atom stereocenters. The molecule has 6 heavy (non-hydrogen) atoms. The predicted octanol–water partition coefficient (Wildman–Crippen LogP) is 0.757. The van der Waals surface area contributed by atoms with Gasteiger partial charge in [-0.1, -0.05) is 0 Å². The van der Waals surface area contributed by atoms with Crippen molar-refractivity contribution in [2.45, 2.75) is 32.4 Å². The van der Waals surface area contributed by atoms with E-state index in [1.807, 2.05) is 0 Å².